The zero-order chi connectivity index (χ0) is 20.8. The molecule has 0 bridgehead atoms. The van der Waals surface area contributed by atoms with Gasteiger partial charge in [0.1, 0.15) is 11.2 Å². The fourth-order valence-corrected chi connectivity index (χ4v) is 4.58. The van der Waals surface area contributed by atoms with Crippen LogP contribution in [0.4, 0.5) is 4.39 Å². The molecule has 0 radical (unpaired) electrons. The number of benzene rings is 2. The number of thiophene rings is 1. The highest BCUT2D eigenvalue weighted by Crippen LogP contribution is 2.48. The molecule has 3 nitrogen and oxygen atoms in total. The molecule has 148 valence electrons. The first kappa shape index (κ1) is 20.1. The SMILES string of the molecule is CC(C)(C)c1sc2ncnc(Oc3ccccc3F)c2c1-c1ccc(Cl)c(Cl)c1. The summed E-state index contributed by atoms with van der Waals surface area (Å²) >= 11 is 14.0. The van der Waals surface area contributed by atoms with Gasteiger partial charge in [-0.2, -0.15) is 0 Å². The predicted molar refractivity (Wildman–Crippen MR) is 118 cm³/mol. The van der Waals surface area contributed by atoms with Crippen LogP contribution in [0.5, 0.6) is 11.6 Å². The van der Waals surface area contributed by atoms with Crippen molar-refractivity contribution in [2.75, 3.05) is 0 Å². The van der Waals surface area contributed by atoms with Gasteiger partial charge in [0, 0.05) is 10.4 Å². The van der Waals surface area contributed by atoms with E-state index in [4.69, 9.17) is 27.9 Å². The van der Waals surface area contributed by atoms with Crippen LogP contribution in [-0.2, 0) is 5.41 Å². The van der Waals surface area contributed by atoms with Crippen LogP contribution in [0.1, 0.15) is 25.6 Å². The maximum atomic E-state index is 14.2. The lowest BCUT2D eigenvalue weighted by Crippen LogP contribution is -2.10. The van der Waals surface area contributed by atoms with Gasteiger partial charge >= 0.3 is 0 Å². The second kappa shape index (κ2) is 7.56. The molecule has 0 N–H and O–H groups in total. The maximum Gasteiger partial charge on any atom is 0.231 e. The normalized spacial score (nSPS) is 11.8. The van der Waals surface area contributed by atoms with Gasteiger partial charge < -0.3 is 4.74 Å². The molecule has 0 spiro atoms. The largest absolute Gasteiger partial charge is 0.435 e. The van der Waals surface area contributed by atoms with E-state index >= 15 is 0 Å². The Morgan fingerprint density at radius 3 is 2.45 bits per heavy atom. The van der Waals surface area contributed by atoms with Crippen molar-refractivity contribution in [2.24, 2.45) is 0 Å². The number of ether oxygens (including phenoxy) is 1. The van der Waals surface area contributed by atoms with Crippen LogP contribution < -0.4 is 4.74 Å². The van der Waals surface area contributed by atoms with E-state index < -0.39 is 5.82 Å². The van der Waals surface area contributed by atoms with Crippen LogP contribution in [0, 0.1) is 5.82 Å². The van der Waals surface area contributed by atoms with Crippen molar-refractivity contribution in [3.05, 3.63) is 69.5 Å². The van der Waals surface area contributed by atoms with E-state index in [1.807, 2.05) is 12.1 Å². The quantitative estimate of drug-likeness (QED) is 0.320. The van der Waals surface area contributed by atoms with E-state index in [2.05, 4.69) is 30.7 Å². The van der Waals surface area contributed by atoms with Crippen molar-refractivity contribution in [2.45, 2.75) is 26.2 Å². The third kappa shape index (κ3) is 3.82. The molecule has 4 rings (SSSR count). The molecule has 0 aliphatic heterocycles. The average molecular weight is 447 g/mol. The molecule has 0 aliphatic rings. The summed E-state index contributed by atoms with van der Waals surface area (Å²) in [7, 11) is 0. The molecule has 7 heteroatoms. The van der Waals surface area contributed by atoms with Crippen LogP contribution in [0.3, 0.4) is 0 Å². The van der Waals surface area contributed by atoms with E-state index in [1.54, 1.807) is 35.6 Å². The Balaban J connectivity index is 2.01. The van der Waals surface area contributed by atoms with Crippen molar-refractivity contribution in [1.82, 2.24) is 9.97 Å². The number of nitrogens with zero attached hydrogens (tertiary/aromatic N) is 2. The van der Waals surface area contributed by atoms with Gasteiger partial charge in [0.25, 0.3) is 0 Å². The Morgan fingerprint density at radius 1 is 1.00 bits per heavy atom. The average Bonchev–Trinajstić information content (AvgIpc) is 3.07. The van der Waals surface area contributed by atoms with Crippen molar-refractivity contribution in [3.63, 3.8) is 0 Å². The van der Waals surface area contributed by atoms with E-state index in [1.165, 1.54) is 12.4 Å². The van der Waals surface area contributed by atoms with Gasteiger partial charge in [-0.15, -0.1) is 11.3 Å². The molecular weight excluding hydrogens is 430 g/mol. The Morgan fingerprint density at radius 2 is 1.76 bits per heavy atom. The zero-order valence-electron chi connectivity index (χ0n) is 16.0. The van der Waals surface area contributed by atoms with Crippen LogP contribution in [0.25, 0.3) is 21.3 Å². The summed E-state index contributed by atoms with van der Waals surface area (Å²) in [5.41, 5.74) is 1.63. The summed E-state index contributed by atoms with van der Waals surface area (Å²) < 4.78 is 20.1. The third-order valence-electron chi connectivity index (χ3n) is 4.39. The topological polar surface area (TPSA) is 35.0 Å². The van der Waals surface area contributed by atoms with Crippen LogP contribution in [0.15, 0.2) is 48.8 Å². The highest BCUT2D eigenvalue weighted by Gasteiger charge is 2.27. The van der Waals surface area contributed by atoms with Gasteiger partial charge in [-0.05, 0) is 35.2 Å². The molecule has 0 atom stereocenters. The lowest BCUT2D eigenvalue weighted by atomic mass is 9.88. The van der Waals surface area contributed by atoms with Gasteiger partial charge in [-0.25, -0.2) is 14.4 Å². The number of halogens is 3. The molecule has 2 heterocycles. The summed E-state index contributed by atoms with van der Waals surface area (Å²) in [6.45, 7) is 6.39. The number of hydrogen-bond donors (Lipinski definition) is 0. The van der Waals surface area contributed by atoms with Crippen LogP contribution in [-0.4, -0.2) is 9.97 Å². The Bertz CT molecular complexity index is 1220. The lowest BCUT2D eigenvalue weighted by molar-refractivity contribution is 0.432. The monoisotopic (exact) mass is 446 g/mol. The van der Waals surface area contributed by atoms with E-state index in [0.717, 1.165) is 26.2 Å². The highest BCUT2D eigenvalue weighted by atomic mass is 35.5. The van der Waals surface area contributed by atoms with Gasteiger partial charge in [0.05, 0.1) is 15.4 Å². The van der Waals surface area contributed by atoms with Gasteiger partial charge in [-0.1, -0.05) is 62.2 Å². The number of fused-ring (bicyclic) bond motifs is 1. The third-order valence-corrected chi connectivity index (χ3v) is 6.65. The number of hydrogen-bond acceptors (Lipinski definition) is 4. The van der Waals surface area contributed by atoms with Gasteiger partial charge in [-0.3, -0.25) is 0 Å². The Labute approximate surface area is 182 Å². The van der Waals surface area contributed by atoms with Gasteiger partial charge in [0.15, 0.2) is 11.6 Å². The first-order chi connectivity index (χ1) is 13.8. The standard InChI is InChI=1S/C22H17Cl2FN2OS/c1-22(2,3)19-17(12-8-9-13(23)14(24)10-12)18-20(26-11-27-21(18)29-19)28-16-7-5-4-6-15(16)25/h4-11H,1-3H3. The van der Waals surface area contributed by atoms with Gasteiger partial charge in [0.2, 0.25) is 5.88 Å². The number of aromatic nitrogens is 2. The Kier molecular flexibility index (Phi) is 5.23. The second-order valence-electron chi connectivity index (χ2n) is 7.58. The first-order valence-corrected chi connectivity index (χ1v) is 10.5. The van der Waals surface area contributed by atoms with Crippen LogP contribution >= 0.6 is 34.5 Å². The molecular formula is C22H17Cl2FN2OS. The van der Waals surface area contributed by atoms with Crippen molar-refractivity contribution in [3.8, 4) is 22.8 Å². The molecule has 0 aliphatic carbocycles. The zero-order valence-corrected chi connectivity index (χ0v) is 18.3. The van der Waals surface area contributed by atoms with E-state index in [9.17, 15) is 4.39 Å². The van der Waals surface area contributed by atoms with Crippen LogP contribution in [0.2, 0.25) is 10.0 Å². The molecule has 2 aromatic heterocycles. The molecule has 0 unspecified atom stereocenters. The number of rotatable bonds is 3. The number of para-hydroxylation sites is 1. The second-order valence-corrected chi connectivity index (χ2v) is 9.39. The van der Waals surface area contributed by atoms with Crippen molar-refractivity contribution >= 4 is 44.8 Å². The van der Waals surface area contributed by atoms with E-state index in [-0.39, 0.29) is 11.2 Å². The molecule has 0 fully saturated rings. The Hall–Kier alpha value is -2.21. The fraction of sp³-hybridized carbons (Fsp3) is 0.182. The summed E-state index contributed by atoms with van der Waals surface area (Å²) in [5, 5.41) is 1.66. The minimum absolute atomic E-state index is 0.107. The van der Waals surface area contributed by atoms with Crippen molar-refractivity contribution < 1.29 is 9.13 Å². The first-order valence-electron chi connectivity index (χ1n) is 8.91. The summed E-state index contributed by atoms with van der Waals surface area (Å²) in [6.07, 6.45) is 1.43. The fourth-order valence-electron chi connectivity index (χ4n) is 3.07. The summed E-state index contributed by atoms with van der Waals surface area (Å²) in [4.78, 5) is 10.6. The predicted octanol–water partition coefficient (Wildman–Crippen LogP) is 7.89. The smallest absolute Gasteiger partial charge is 0.231 e. The van der Waals surface area contributed by atoms with Crippen molar-refractivity contribution in [1.29, 1.82) is 0 Å². The molecule has 4 aromatic rings. The minimum atomic E-state index is -0.457. The van der Waals surface area contributed by atoms with E-state index in [0.29, 0.717) is 15.9 Å². The highest BCUT2D eigenvalue weighted by molar-refractivity contribution is 7.19. The lowest BCUT2D eigenvalue weighted by Gasteiger charge is -2.19. The molecule has 29 heavy (non-hydrogen) atoms. The minimum Gasteiger partial charge on any atom is -0.435 e. The molecule has 2 aromatic carbocycles. The maximum absolute atomic E-state index is 14.2. The molecule has 0 amide bonds. The molecule has 0 saturated carbocycles. The summed E-state index contributed by atoms with van der Waals surface area (Å²) in [5.74, 6) is -0.0503. The molecule has 0 saturated heterocycles. The summed E-state index contributed by atoms with van der Waals surface area (Å²) in [6, 6.07) is 11.7.